The van der Waals surface area contributed by atoms with E-state index in [1.165, 1.54) is 6.92 Å². The maximum Gasteiger partial charge on any atom is 0.302 e. The molecule has 0 radical (unpaired) electrons. The molecular weight excluding hydrogens is 440 g/mol. The largest absolute Gasteiger partial charge is 0.465 e. The normalized spacial score (nSPS) is 44.9. The van der Waals surface area contributed by atoms with E-state index in [1.54, 1.807) is 0 Å². The molecule has 5 nitrogen and oxygen atoms in total. The minimum absolute atomic E-state index is 0.0361. The zero-order chi connectivity index (χ0) is 25.7. The van der Waals surface area contributed by atoms with E-state index in [0.29, 0.717) is 55.5 Å². The van der Waals surface area contributed by atoms with Crippen molar-refractivity contribution in [3.05, 3.63) is 23.8 Å². The van der Waals surface area contributed by atoms with Gasteiger partial charge in [-0.25, -0.2) is 0 Å². The predicted octanol–water partition coefficient (Wildman–Crippen LogP) is 4.90. The number of ether oxygens (including phenoxy) is 1. The first-order valence-electron chi connectivity index (χ1n) is 14.0. The van der Waals surface area contributed by atoms with Gasteiger partial charge >= 0.3 is 5.97 Å². The van der Waals surface area contributed by atoms with Gasteiger partial charge in [0.1, 0.15) is 0 Å². The minimum Gasteiger partial charge on any atom is -0.465 e. The summed E-state index contributed by atoms with van der Waals surface area (Å²) < 4.78 is 5.75. The first-order chi connectivity index (χ1) is 16.4. The van der Waals surface area contributed by atoms with Crippen LogP contribution in [0.25, 0.3) is 0 Å². The van der Waals surface area contributed by atoms with Crippen LogP contribution >= 0.6 is 0 Å². The van der Waals surface area contributed by atoms with Crippen LogP contribution in [-0.4, -0.2) is 46.2 Å². The lowest BCUT2D eigenvalue weighted by Crippen LogP contribution is -2.61. The summed E-state index contributed by atoms with van der Waals surface area (Å²) >= 11 is 0. The number of rotatable bonds is 6. The monoisotopic (exact) mass is 488 g/mol. The second-order valence-corrected chi connectivity index (χ2v) is 13.0. The Bertz CT molecular complexity index is 848. The summed E-state index contributed by atoms with van der Waals surface area (Å²) in [6.45, 7) is 13.0. The summed E-state index contributed by atoms with van der Waals surface area (Å²) in [6.07, 6.45) is 9.76. The molecule has 0 aromatic carbocycles. The molecule has 0 saturated heterocycles. The van der Waals surface area contributed by atoms with Crippen LogP contribution in [0.5, 0.6) is 0 Å². The summed E-state index contributed by atoms with van der Waals surface area (Å²) in [6, 6.07) is 0. The zero-order valence-electron chi connectivity index (χ0n) is 22.6. The number of allylic oxidation sites excluding steroid dienone is 3. The average molecular weight is 489 g/mol. The minimum atomic E-state index is -0.655. The fourth-order valence-corrected chi connectivity index (χ4v) is 8.65. The van der Waals surface area contributed by atoms with Gasteiger partial charge in [0.25, 0.3) is 0 Å². The summed E-state index contributed by atoms with van der Waals surface area (Å²) in [5.74, 6) is 2.06. The lowest BCUT2D eigenvalue weighted by atomic mass is 9.45. The number of fused-ring (bicyclic) bond motifs is 5. The Labute approximate surface area is 212 Å². The van der Waals surface area contributed by atoms with E-state index in [4.69, 9.17) is 4.74 Å². The standard InChI is InChI=1S/C30H48O5/c1-17(2)18(3)7-8-19(4)24-11-12-25-23-10-9-21-13-22(32)14-27(34)29(21,6)28(23)26(33)15-30(24,25)16-35-20(5)31/h7-9,17-19,22-28,32-34H,10-16H2,1-6H3/b8-7+/t18-,19+,22+,23-,24+,25-,26+,27-,28+,29+,30-/m0/s1. The van der Waals surface area contributed by atoms with Crippen LogP contribution in [0.2, 0.25) is 0 Å². The Balaban J connectivity index is 1.69. The quantitative estimate of drug-likeness (QED) is 0.366. The molecule has 0 unspecified atom stereocenters. The van der Waals surface area contributed by atoms with Gasteiger partial charge in [0.15, 0.2) is 0 Å². The van der Waals surface area contributed by atoms with Gasteiger partial charge < -0.3 is 20.1 Å². The van der Waals surface area contributed by atoms with Gasteiger partial charge in [-0.1, -0.05) is 58.4 Å². The number of hydrogen-bond donors (Lipinski definition) is 3. The fourth-order valence-electron chi connectivity index (χ4n) is 8.65. The smallest absolute Gasteiger partial charge is 0.302 e. The molecular formula is C30H48O5. The molecule has 4 rings (SSSR count). The summed E-state index contributed by atoms with van der Waals surface area (Å²) in [4.78, 5) is 12.0. The van der Waals surface area contributed by atoms with E-state index in [1.807, 2.05) is 0 Å². The lowest BCUT2D eigenvalue weighted by Gasteiger charge is -2.61. The first-order valence-corrected chi connectivity index (χ1v) is 14.0. The van der Waals surface area contributed by atoms with Crippen LogP contribution in [-0.2, 0) is 9.53 Å². The van der Waals surface area contributed by atoms with Crippen LogP contribution in [0.15, 0.2) is 23.8 Å². The van der Waals surface area contributed by atoms with E-state index in [0.717, 1.165) is 24.8 Å². The van der Waals surface area contributed by atoms with E-state index < -0.39 is 23.7 Å². The Morgan fingerprint density at radius 3 is 2.54 bits per heavy atom. The average Bonchev–Trinajstić information content (AvgIpc) is 3.16. The second-order valence-electron chi connectivity index (χ2n) is 13.0. The lowest BCUT2D eigenvalue weighted by molar-refractivity contribution is -0.181. The van der Waals surface area contributed by atoms with Crippen LogP contribution in [0.1, 0.15) is 80.1 Å². The summed E-state index contributed by atoms with van der Waals surface area (Å²) in [5.41, 5.74) is 0.355. The molecule has 0 aliphatic heterocycles. The maximum atomic E-state index is 12.0. The fraction of sp³-hybridized carbons (Fsp3) is 0.833. The van der Waals surface area contributed by atoms with Gasteiger partial charge in [-0.3, -0.25) is 4.79 Å². The van der Waals surface area contributed by atoms with Crippen LogP contribution in [0.4, 0.5) is 0 Å². The van der Waals surface area contributed by atoms with Crippen molar-refractivity contribution in [2.75, 3.05) is 6.61 Å². The van der Waals surface area contributed by atoms with Gasteiger partial charge in [-0.2, -0.15) is 0 Å². The summed E-state index contributed by atoms with van der Waals surface area (Å²) in [5, 5.41) is 33.3. The van der Waals surface area contributed by atoms with Crippen molar-refractivity contribution in [1.29, 1.82) is 0 Å². The molecule has 0 aromatic rings. The van der Waals surface area contributed by atoms with Gasteiger partial charge in [-0.05, 0) is 73.5 Å². The molecule has 3 fully saturated rings. The molecule has 0 amide bonds. The zero-order valence-corrected chi connectivity index (χ0v) is 22.6. The van der Waals surface area contributed by atoms with Crippen LogP contribution in [0, 0.1) is 52.3 Å². The molecule has 11 atom stereocenters. The van der Waals surface area contributed by atoms with Crippen molar-refractivity contribution in [3.8, 4) is 0 Å². The highest BCUT2D eigenvalue weighted by molar-refractivity contribution is 5.66. The number of carbonyl (C=O) groups is 1. The highest BCUT2D eigenvalue weighted by Crippen LogP contribution is 2.67. The van der Waals surface area contributed by atoms with Gasteiger partial charge in [0.05, 0.1) is 24.9 Å². The highest BCUT2D eigenvalue weighted by atomic mass is 16.5. The van der Waals surface area contributed by atoms with Crippen molar-refractivity contribution >= 4 is 5.97 Å². The van der Waals surface area contributed by atoms with Crippen molar-refractivity contribution in [1.82, 2.24) is 0 Å². The third kappa shape index (κ3) is 4.55. The molecule has 198 valence electrons. The molecule has 0 heterocycles. The first kappa shape index (κ1) is 26.9. The SMILES string of the molecule is CC(=O)OC[C@]12C[C@@H](O)[C@H]3[C@@H](CC=C4C[C@@H](O)C[C@H](O)[C@@]43C)[C@@H]1CC[C@@H]2[C@H](C)/C=C/[C@H](C)C(C)C. The molecule has 5 heteroatoms. The molecule has 35 heavy (non-hydrogen) atoms. The molecule has 0 spiro atoms. The van der Waals surface area contributed by atoms with Crippen LogP contribution in [0.3, 0.4) is 0 Å². The van der Waals surface area contributed by atoms with E-state index in [9.17, 15) is 20.1 Å². The number of hydrogen-bond acceptors (Lipinski definition) is 5. The second kappa shape index (κ2) is 9.95. The van der Waals surface area contributed by atoms with Crippen molar-refractivity contribution < 1.29 is 24.9 Å². The van der Waals surface area contributed by atoms with Gasteiger partial charge in [0, 0.05) is 24.2 Å². The van der Waals surface area contributed by atoms with E-state index >= 15 is 0 Å². The maximum absolute atomic E-state index is 12.0. The van der Waals surface area contributed by atoms with Crippen molar-refractivity contribution in [2.45, 2.75) is 98.4 Å². The molecule has 0 aromatic heterocycles. The number of aliphatic hydroxyl groups is 3. The van der Waals surface area contributed by atoms with Crippen molar-refractivity contribution in [3.63, 3.8) is 0 Å². The number of esters is 1. The Kier molecular flexibility index (Phi) is 7.64. The third-order valence-corrected chi connectivity index (χ3v) is 10.9. The van der Waals surface area contributed by atoms with Gasteiger partial charge in [0.2, 0.25) is 0 Å². The predicted molar refractivity (Wildman–Crippen MR) is 137 cm³/mol. The molecule has 3 N–H and O–H groups in total. The van der Waals surface area contributed by atoms with Crippen LogP contribution < -0.4 is 0 Å². The molecule has 0 bridgehead atoms. The number of aliphatic hydroxyl groups excluding tert-OH is 3. The molecule has 4 aliphatic carbocycles. The summed E-state index contributed by atoms with van der Waals surface area (Å²) in [7, 11) is 0. The Hall–Kier alpha value is -1.17. The molecule has 4 aliphatic rings. The van der Waals surface area contributed by atoms with Crippen molar-refractivity contribution in [2.24, 2.45) is 52.3 Å². The highest BCUT2D eigenvalue weighted by Gasteiger charge is 2.65. The Morgan fingerprint density at radius 1 is 1.17 bits per heavy atom. The Morgan fingerprint density at radius 2 is 1.89 bits per heavy atom. The topological polar surface area (TPSA) is 87.0 Å². The third-order valence-electron chi connectivity index (χ3n) is 10.9. The molecule has 3 saturated carbocycles. The number of carbonyl (C=O) groups excluding carboxylic acids is 1. The van der Waals surface area contributed by atoms with E-state index in [-0.39, 0.29) is 23.2 Å². The van der Waals surface area contributed by atoms with Gasteiger partial charge in [-0.15, -0.1) is 0 Å². The van der Waals surface area contributed by atoms with E-state index in [2.05, 4.69) is 52.8 Å².